The van der Waals surface area contributed by atoms with Gasteiger partial charge in [-0.05, 0) is 43.5 Å². The van der Waals surface area contributed by atoms with Crippen molar-refractivity contribution < 1.29 is 9.13 Å². The van der Waals surface area contributed by atoms with Gasteiger partial charge in [-0.25, -0.2) is 4.39 Å². The van der Waals surface area contributed by atoms with Gasteiger partial charge in [-0.3, -0.25) is 5.41 Å². The molecule has 26 heavy (non-hydrogen) atoms. The van der Waals surface area contributed by atoms with E-state index >= 15 is 0 Å². The van der Waals surface area contributed by atoms with E-state index in [0.29, 0.717) is 24.6 Å². The van der Waals surface area contributed by atoms with Gasteiger partial charge in [0, 0.05) is 12.1 Å². The van der Waals surface area contributed by atoms with E-state index < -0.39 is 0 Å². The molecule has 1 aromatic carbocycles. The second-order valence-electron chi connectivity index (χ2n) is 6.79. The van der Waals surface area contributed by atoms with Crippen molar-refractivity contribution >= 4 is 12.0 Å². The first-order chi connectivity index (χ1) is 12.5. The highest BCUT2D eigenvalue weighted by Gasteiger charge is 2.09. The number of aryl methyl sites for hydroxylation is 1. The number of rotatable bonds is 11. The van der Waals surface area contributed by atoms with Crippen molar-refractivity contribution in [2.24, 2.45) is 5.92 Å². The van der Waals surface area contributed by atoms with Crippen molar-refractivity contribution in [3.63, 3.8) is 0 Å². The van der Waals surface area contributed by atoms with E-state index in [2.05, 4.69) is 26.1 Å². The molecule has 144 valence electrons. The maximum absolute atomic E-state index is 14.5. The maximum Gasteiger partial charge on any atom is 0.210 e. The molecular formula is C22H33FN2O. The predicted molar refractivity (Wildman–Crippen MR) is 109 cm³/mol. The van der Waals surface area contributed by atoms with Gasteiger partial charge in [0.1, 0.15) is 5.83 Å². The van der Waals surface area contributed by atoms with Crippen LogP contribution >= 0.6 is 0 Å². The molecule has 0 saturated carbocycles. The summed E-state index contributed by atoms with van der Waals surface area (Å²) in [6.07, 6.45) is 5.86. The Balaban J connectivity index is 2.86. The maximum atomic E-state index is 14.5. The number of nitrogens with one attached hydrogen (secondary N) is 2. The average molecular weight is 361 g/mol. The van der Waals surface area contributed by atoms with Crippen LogP contribution in [0.5, 0.6) is 0 Å². The fraction of sp³-hybridized carbons (Fsp3) is 0.500. The zero-order valence-corrected chi connectivity index (χ0v) is 16.6. The van der Waals surface area contributed by atoms with Gasteiger partial charge < -0.3 is 10.1 Å². The minimum atomic E-state index is -0.375. The number of hydrogen-bond donors (Lipinski definition) is 2. The smallest absolute Gasteiger partial charge is 0.210 e. The van der Waals surface area contributed by atoms with E-state index in [-0.39, 0.29) is 11.7 Å². The van der Waals surface area contributed by atoms with Crippen LogP contribution in [0, 0.1) is 18.3 Å². The Morgan fingerprint density at radius 2 is 2.12 bits per heavy atom. The molecule has 3 nitrogen and oxygen atoms in total. The molecule has 0 heterocycles. The standard InChI is InChI=1S/C22H33FN2O/c1-5-7-11-26-22(24)20(16-25-15-17(3)6-2)14-21(23)13-19-10-8-9-18(4)12-19/h8-10,12-14,17,24-25H,5-7,11,15-16H2,1-4H3/b20-14-,21-13-,24-22?/t17-/m1/s1. The van der Waals surface area contributed by atoms with Crippen molar-refractivity contribution in [2.75, 3.05) is 19.7 Å². The molecule has 1 rings (SSSR count). The van der Waals surface area contributed by atoms with Crippen molar-refractivity contribution in [2.45, 2.75) is 47.0 Å². The molecule has 0 saturated heterocycles. The Morgan fingerprint density at radius 1 is 1.35 bits per heavy atom. The Labute approximate surface area is 157 Å². The van der Waals surface area contributed by atoms with Crippen molar-refractivity contribution in [1.82, 2.24) is 5.32 Å². The van der Waals surface area contributed by atoms with Gasteiger partial charge in [0.25, 0.3) is 0 Å². The van der Waals surface area contributed by atoms with Crippen molar-refractivity contribution in [3.8, 4) is 0 Å². The molecule has 2 N–H and O–H groups in total. The molecule has 0 unspecified atom stereocenters. The number of allylic oxidation sites excluding steroid dienone is 2. The molecule has 4 heteroatoms. The lowest BCUT2D eigenvalue weighted by Crippen LogP contribution is -2.26. The van der Waals surface area contributed by atoms with Crippen LogP contribution in [-0.2, 0) is 4.74 Å². The Morgan fingerprint density at radius 3 is 2.77 bits per heavy atom. The Kier molecular flexibility index (Phi) is 10.6. The molecule has 0 aliphatic heterocycles. The van der Waals surface area contributed by atoms with Crippen LogP contribution in [0.4, 0.5) is 4.39 Å². The van der Waals surface area contributed by atoms with E-state index in [1.165, 1.54) is 12.2 Å². The SMILES string of the molecule is CCCCOC(=N)/C(=C\C(F)=C\c1cccc(C)c1)CNC[C@H](C)CC. The van der Waals surface area contributed by atoms with Crippen LogP contribution in [0.15, 0.2) is 41.7 Å². The minimum Gasteiger partial charge on any atom is -0.478 e. The van der Waals surface area contributed by atoms with Crippen LogP contribution in [-0.4, -0.2) is 25.6 Å². The van der Waals surface area contributed by atoms with Gasteiger partial charge in [0.15, 0.2) is 0 Å². The van der Waals surface area contributed by atoms with Gasteiger partial charge in [-0.1, -0.05) is 63.4 Å². The monoisotopic (exact) mass is 360 g/mol. The summed E-state index contributed by atoms with van der Waals surface area (Å²) in [6.45, 7) is 10.1. The summed E-state index contributed by atoms with van der Waals surface area (Å²) >= 11 is 0. The minimum absolute atomic E-state index is 0.0443. The number of ether oxygens (including phenoxy) is 1. The average Bonchev–Trinajstić information content (AvgIpc) is 2.60. The summed E-state index contributed by atoms with van der Waals surface area (Å²) in [5.41, 5.74) is 2.43. The first-order valence-corrected chi connectivity index (χ1v) is 9.53. The zero-order chi connectivity index (χ0) is 19.4. The number of unbranched alkanes of at least 4 members (excludes halogenated alkanes) is 1. The van der Waals surface area contributed by atoms with Crippen LogP contribution < -0.4 is 5.32 Å². The first-order valence-electron chi connectivity index (χ1n) is 9.53. The highest BCUT2D eigenvalue weighted by molar-refractivity contribution is 5.92. The summed E-state index contributed by atoms with van der Waals surface area (Å²) < 4.78 is 20.0. The highest BCUT2D eigenvalue weighted by atomic mass is 19.1. The molecule has 0 bridgehead atoms. The van der Waals surface area contributed by atoms with Gasteiger partial charge >= 0.3 is 0 Å². The van der Waals surface area contributed by atoms with E-state index in [4.69, 9.17) is 10.1 Å². The Bertz CT molecular complexity index is 622. The molecule has 0 fully saturated rings. The Hall–Kier alpha value is -1.94. The molecule has 0 aliphatic rings. The molecule has 0 aromatic heterocycles. The fourth-order valence-electron chi connectivity index (χ4n) is 2.33. The fourth-order valence-corrected chi connectivity index (χ4v) is 2.33. The number of benzene rings is 1. The second-order valence-corrected chi connectivity index (χ2v) is 6.79. The van der Waals surface area contributed by atoms with Gasteiger partial charge in [0.05, 0.1) is 6.61 Å². The normalized spacial score (nSPS) is 13.6. The molecular weight excluding hydrogens is 327 g/mol. The highest BCUT2D eigenvalue weighted by Crippen LogP contribution is 2.14. The largest absolute Gasteiger partial charge is 0.478 e. The molecule has 0 radical (unpaired) electrons. The second kappa shape index (κ2) is 12.4. The van der Waals surface area contributed by atoms with Crippen LogP contribution in [0.1, 0.15) is 51.2 Å². The lowest BCUT2D eigenvalue weighted by atomic mass is 10.1. The summed E-state index contributed by atoms with van der Waals surface area (Å²) in [4.78, 5) is 0. The van der Waals surface area contributed by atoms with Crippen molar-refractivity contribution in [1.29, 1.82) is 5.41 Å². The lowest BCUT2D eigenvalue weighted by Gasteiger charge is -2.14. The molecule has 1 aromatic rings. The molecule has 1 atom stereocenters. The molecule has 0 aliphatic carbocycles. The summed E-state index contributed by atoms with van der Waals surface area (Å²) in [7, 11) is 0. The van der Waals surface area contributed by atoms with E-state index in [1.54, 1.807) is 0 Å². The van der Waals surface area contributed by atoms with E-state index in [9.17, 15) is 4.39 Å². The summed E-state index contributed by atoms with van der Waals surface area (Å²) in [6, 6.07) is 7.68. The molecule has 0 spiro atoms. The van der Waals surface area contributed by atoms with E-state index in [0.717, 1.165) is 36.9 Å². The van der Waals surface area contributed by atoms with Gasteiger partial charge in [0.2, 0.25) is 5.90 Å². The quantitative estimate of drug-likeness (QED) is 0.231. The number of halogens is 1. The predicted octanol–water partition coefficient (Wildman–Crippen LogP) is 5.66. The zero-order valence-electron chi connectivity index (χ0n) is 16.6. The van der Waals surface area contributed by atoms with E-state index in [1.807, 2.05) is 31.2 Å². The third kappa shape index (κ3) is 8.95. The number of hydrogen-bond acceptors (Lipinski definition) is 3. The topological polar surface area (TPSA) is 45.1 Å². The van der Waals surface area contributed by atoms with Crippen LogP contribution in [0.2, 0.25) is 0 Å². The molecule has 0 amide bonds. The van der Waals surface area contributed by atoms with Crippen molar-refractivity contribution in [3.05, 3.63) is 52.9 Å². The first kappa shape index (κ1) is 22.1. The van der Waals surface area contributed by atoms with Gasteiger partial charge in [-0.2, -0.15) is 0 Å². The summed E-state index contributed by atoms with van der Waals surface area (Å²) in [5, 5.41) is 11.4. The van der Waals surface area contributed by atoms with Gasteiger partial charge in [-0.15, -0.1) is 0 Å². The summed E-state index contributed by atoms with van der Waals surface area (Å²) in [5.74, 6) is 0.210. The van der Waals surface area contributed by atoms with Crippen LogP contribution in [0.3, 0.4) is 0 Å². The third-order valence-electron chi connectivity index (χ3n) is 4.20. The third-order valence-corrected chi connectivity index (χ3v) is 4.20. The van der Waals surface area contributed by atoms with Crippen LogP contribution in [0.25, 0.3) is 6.08 Å². The lowest BCUT2D eigenvalue weighted by molar-refractivity contribution is 0.293.